The van der Waals surface area contributed by atoms with E-state index in [2.05, 4.69) is 29.4 Å². The maximum atomic E-state index is 5.44. The molecule has 1 aromatic carbocycles. The van der Waals surface area contributed by atoms with Crippen LogP contribution in [0.3, 0.4) is 0 Å². The number of hydrogen-bond acceptors (Lipinski definition) is 2. The van der Waals surface area contributed by atoms with Gasteiger partial charge in [0.1, 0.15) is 0 Å². The van der Waals surface area contributed by atoms with Crippen LogP contribution in [0, 0.1) is 0 Å². The SMILES string of the molecule is CN1CCCc2ccc(NC(N)=S)cc21. The number of anilines is 2. The largest absolute Gasteiger partial charge is 0.376 e. The summed E-state index contributed by atoms with van der Waals surface area (Å²) in [6.45, 7) is 1.11. The van der Waals surface area contributed by atoms with Crippen molar-refractivity contribution in [3.63, 3.8) is 0 Å². The van der Waals surface area contributed by atoms with Crippen molar-refractivity contribution in [2.24, 2.45) is 5.73 Å². The maximum Gasteiger partial charge on any atom is 0.168 e. The van der Waals surface area contributed by atoms with Gasteiger partial charge in [-0.25, -0.2) is 0 Å². The average Bonchev–Trinajstić information content (AvgIpc) is 2.18. The molecular formula is C11H15N3S. The number of thiocarbonyl (C=S) groups is 1. The molecule has 0 amide bonds. The lowest BCUT2D eigenvalue weighted by Gasteiger charge is -2.28. The number of fused-ring (bicyclic) bond motifs is 1. The summed E-state index contributed by atoms with van der Waals surface area (Å²) in [5.41, 5.74) is 9.09. The van der Waals surface area contributed by atoms with Gasteiger partial charge in [0.05, 0.1) is 0 Å². The molecule has 80 valence electrons. The molecule has 15 heavy (non-hydrogen) atoms. The Morgan fingerprint density at radius 1 is 1.53 bits per heavy atom. The number of hydrogen-bond donors (Lipinski definition) is 2. The zero-order valence-electron chi connectivity index (χ0n) is 8.79. The van der Waals surface area contributed by atoms with Crippen LogP contribution in [-0.2, 0) is 6.42 Å². The van der Waals surface area contributed by atoms with Gasteiger partial charge in [0.2, 0.25) is 0 Å². The highest BCUT2D eigenvalue weighted by Crippen LogP contribution is 2.28. The molecule has 0 spiro atoms. The summed E-state index contributed by atoms with van der Waals surface area (Å²) in [6, 6.07) is 6.27. The van der Waals surface area contributed by atoms with Gasteiger partial charge in [0, 0.05) is 25.0 Å². The molecule has 1 heterocycles. The molecule has 3 N–H and O–H groups in total. The lowest BCUT2D eigenvalue weighted by molar-refractivity contribution is 0.745. The highest BCUT2D eigenvalue weighted by atomic mass is 32.1. The first-order chi connectivity index (χ1) is 7.16. The first-order valence-corrected chi connectivity index (χ1v) is 5.48. The monoisotopic (exact) mass is 221 g/mol. The molecule has 0 bridgehead atoms. The Balaban J connectivity index is 2.31. The lowest BCUT2D eigenvalue weighted by atomic mass is 10.0. The number of rotatable bonds is 1. The lowest BCUT2D eigenvalue weighted by Crippen LogP contribution is -2.25. The molecule has 1 aliphatic heterocycles. The zero-order chi connectivity index (χ0) is 10.8. The predicted octanol–water partition coefficient (Wildman–Crippen LogP) is 1.72. The summed E-state index contributed by atoms with van der Waals surface area (Å²) in [4.78, 5) is 2.27. The van der Waals surface area contributed by atoms with Gasteiger partial charge in [-0.3, -0.25) is 0 Å². The predicted molar refractivity (Wildman–Crippen MR) is 68.4 cm³/mol. The van der Waals surface area contributed by atoms with Crippen molar-refractivity contribution in [2.45, 2.75) is 12.8 Å². The molecule has 4 heteroatoms. The maximum absolute atomic E-state index is 5.44. The van der Waals surface area contributed by atoms with Gasteiger partial charge in [0.25, 0.3) is 0 Å². The topological polar surface area (TPSA) is 41.3 Å². The average molecular weight is 221 g/mol. The number of aryl methyl sites for hydroxylation is 1. The number of nitrogens with two attached hydrogens (primary N) is 1. The van der Waals surface area contributed by atoms with Gasteiger partial charge >= 0.3 is 0 Å². The summed E-state index contributed by atoms with van der Waals surface area (Å²) < 4.78 is 0. The molecule has 1 aromatic rings. The molecule has 0 unspecified atom stereocenters. The van der Waals surface area contributed by atoms with Crippen LogP contribution >= 0.6 is 12.2 Å². The van der Waals surface area contributed by atoms with E-state index in [1.54, 1.807) is 0 Å². The first-order valence-electron chi connectivity index (χ1n) is 5.07. The van der Waals surface area contributed by atoms with Gasteiger partial charge < -0.3 is 16.0 Å². The minimum atomic E-state index is 0.313. The van der Waals surface area contributed by atoms with Crippen LogP contribution in [0.4, 0.5) is 11.4 Å². The van der Waals surface area contributed by atoms with Crippen molar-refractivity contribution in [2.75, 3.05) is 23.8 Å². The second-order valence-corrected chi connectivity index (χ2v) is 4.30. The summed E-state index contributed by atoms with van der Waals surface area (Å²) in [5, 5.41) is 3.27. The van der Waals surface area contributed by atoms with Crippen LogP contribution in [0.25, 0.3) is 0 Å². The number of nitrogens with one attached hydrogen (secondary N) is 1. The molecule has 1 aliphatic rings. The van der Waals surface area contributed by atoms with Crippen LogP contribution in [-0.4, -0.2) is 18.7 Å². The molecule has 0 atom stereocenters. The Labute approximate surface area is 95.3 Å². The van der Waals surface area contributed by atoms with E-state index in [9.17, 15) is 0 Å². The molecule has 0 radical (unpaired) electrons. The van der Waals surface area contributed by atoms with E-state index in [1.807, 2.05) is 6.07 Å². The Kier molecular flexibility index (Phi) is 2.77. The molecule has 0 saturated carbocycles. The number of benzene rings is 1. The Morgan fingerprint density at radius 2 is 2.33 bits per heavy atom. The highest BCUT2D eigenvalue weighted by Gasteiger charge is 2.13. The molecule has 0 aromatic heterocycles. The molecule has 2 rings (SSSR count). The van der Waals surface area contributed by atoms with E-state index in [0.29, 0.717) is 5.11 Å². The molecule has 0 aliphatic carbocycles. The molecule has 0 saturated heterocycles. The normalized spacial score (nSPS) is 14.6. The van der Waals surface area contributed by atoms with Gasteiger partial charge in [-0.15, -0.1) is 0 Å². The van der Waals surface area contributed by atoms with Crippen molar-refractivity contribution in [3.05, 3.63) is 23.8 Å². The van der Waals surface area contributed by atoms with Crippen LogP contribution < -0.4 is 16.0 Å². The fraction of sp³-hybridized carbons (Fsp3) is 0.364. The van der Waals surface area contributed by atoms with Crippen molar-refractivity contribution < 1.29 is 0 Å². The Morgan fingerprint density at radius 3 is 3.07 bits per heavy atom. The van der Waals surface area contributed by atoms with E-state index in [0.717, 1.165) is 18.7 Å². The van der Waals surface area contributed by atoms with Crippen molar-refractivity contribution in [3.8, 4) is 0 Å². The van der Waals surface area contributed by atoms with E-state index in [-0.39, 0.29) is 0 Å². The van der Waals surface area contributed by atoms with E-state index >= 15 is 0 Å². The number of nitrogens with zero attached hydrogens (tertiary/aromatic N) is 1. The third-order valence-corrected chi connectivity index (χ3v) is 2.81. The van der Waals surface area contributed by atoms with Crippen LogP contribution in [0.2, 0.25) is 0 Å². The zero-order valence-corrected chi connectivity index (χ0v) is 9.60. The minimum Gasteiger partial charge on any atom is -0.376 e. The third kappa shape index (κ3) is 2.21. The summed E-state index contributed by atoms with van der Waals surface area (Å²) in [6.07, 6.45) is 2.39. The van der Waals surface area contributed by atoms with Gasteiger partial charge in [-0.1, -0.05) is 6.07 Å². The molecule has 0 fully saturated rings. The van der Waals surface area contributed by atoms with Crippen LogP contribution in [0.1, 0.15) is 12.0 Å². The summed E-state index contributed by atoms with van der Waals surface area (Å²) >= 11 is 4.81. The smallest absolute Gasteiger partial charge is 0.168 e. The summed E-state index contributed by atoms with van der Waals surface area (Å²) in [5.74, 6) is 0. The molecular weight excluding hydrogens is 206 g/mol. The van der Waals surface area contributed by atoms with E-state index in [1.165, 1.54) is 17.7 Å². The van der Waals surface area contributed by atoms with Crippen molar-refractivity contribution >= 4 is 28.7 Å². The fourth-order valence-electron chi connectivity index (χ4n) is 1.98. The highest BCUT2D eigenvalue weighted by molar-refractivity contribution is 7.80. The quantitative estimate of drug-likeness (QED) is 0.709. The van der Waals surface area contributed by atoms with E-state index < -0.39 is 0 Å². The third-order valence-electron chi connectivity index (χ3n) is 2.70. The van der Waals surface area contributed by atoms with Crippen molar-refractivity contribution in [1.29, 1.82) is 0 Å². The second-order valence-electron chi connectivity index (χ2n) is 3.86. The molecule has 3 nitrogen and oxygen atoms in total. The van der Waals surface area contributed by atoms with Gasteiger partial charge in [-0.05, 0) is 42.8 Å². The van der Waals surface area contributed by atoms with Gasteiger partial charge in [0.15, 0.2) is 5.11 Å². The Bertz CT molecular complexity index is 389. The van der Waals surface area contributed by atoms with Crippen LogP contribution in [0.15, 0.2) is 18.2 Å². The van der Waals surface area contributed by atoms with Crippen LogP contribution in [0.5, 0.6) is 0 Å². The summed E-state index contributed by atoms with van der Waals surface area (Å²) in [7, 11) is 2.11. The standard InChI is InChI=1S/C11H15N3S/c1-14-6-2-3-8-4-5-9(7-10(8)14)13-11(12)15/h4-5,7H,2-3,6H2,1H3,(H3,12,13,15). The van der Waals surface area contributed by atoms with Crippen molar-refractivity contribution in [1.82, 2.24) is 0 Å². The second kappa shape index (κ2) is 4.06. The van der Waals surface area contributed by atoms with Gasteiger partial charge in [-0.2, -0.15) is 0 Å². The van der Waals surface area contributed by atoms with E-state index in [4.69, 9.17) is 18.0 Å². The first kappa shape index (κ1) is 10.2. The fourth-order valence-corrected chi connectivity index (χ4v) is 2.10. The minimum absolute atomic E-state index is 0.313. The Hall–Kier alpha value is -1.29.